The molecule has 0 radical (unpaired) electrons. The van der Waals surface area contributed by atoms with E-state index in [9.17, 15) is 9.18 Å². The first kappa shape index (κ1) is 13.4. The SMILES string of the molecule is N#Cc1c(F)cccc1Oc1c(N)cccc1C(N)=O. The second-order valence-electron chi connectivity index (χ2n) is 3.92. The molecule has 0 heterocycles. The zero-order chi connectivity index (χ0) is 14.7. The Balaban J connectivity index is 2.54. The Labute approximate surface area is 114 Å². The molecule has 0 aliphatic heterocycles. The molecule has 0 saturated carbocycles. The highest BCUT2D eigenvalue weighted by Crippen LogP contribution is 2.33. The van der Waals surface area contributed by atoms with E-state index >= 15 is 0 Å². The highest BCUT2D eigenvalue weighted by atomic mass is 19.1. The third-order valence-corrected chi connectivity index (χ3v) is 2.61. The molecule has 0 fully saturated rings. The van der Waals surface area contributed by atoms with Crippen LogP contribution >= 0.6 is 0 Å². The van der Waals surface area contributed by atoms with Gasteiger partial charge in [-0.3, -0.25) is 4.79 Å². The molecule has 4 N–H and O–H groups in total. The number of nitriles is 1. The van der Waals surface area contributed by atoms with Crippen LogP contribution in [0.2, 0.25) is 0 Å². The van der Waals surface area contributed by atoms with Gasteiger partial charge < -0.3 is 16.2 Å². The van der Waals surface area contributed by atoms with Crippen molar-refractivity contribution in [3.63, 3.8) is 0 Å². The summed E-state index contributed by atoms with van der Waals surface area (Å²) in [5, 5.41) is 8.93. The van der Waals surface area contributed by atoms with E-state index in [-0.39, 0.29) is 28.3 Å². The summed E-state index contributed by atoms with van der Waals surface area (Å²) in [6.45, 7) is 0. The Kier molecular flexibility index (Phi) is 3.53. The van der Waals surface area contributed by atoms with Crippen LogP contribution < -0.4 is 16.2 Å². The molecule has 0 unspecified atom stereocenters. The molecule has 1 amide bonds. The first-order valence-corrected chi connectivity index (χ1v) is 5.59. The number of halogens is 1. The van der Waals surface area contributed by atoms with Gasteiger partial charge in [0.05, 0.1) is 11.3 Å². The molecule has 0 aliphatic carbocycles. The maximum atomic E-state index is 13.5. The molecule has 2 aromatic rings. The van der Waals surface area contributed by atoms with Gasteiger partial charge in [-0.1, -0.05) is 12.1 Å². The van der Waals surface area contributed by atoms with Gasteiger partial charge in [-0.25, -0.2) is 4.39 Å². The third kappa shape index (κ3) is 2.37. The molecule has 0 saturated heterocycles. The number of rotatable bonds is 3. The predicted molar refractivity (Wildman–Crippen MR) is 70.6 cm³/mol. The van der Waals surface area contributed by atoms with Crippen LogP contribution in [0.3, 0.4) is 0 Å². The van der Waals surface area contributed by atoms with Gasteiger partial charge in [0.2, 0.25) is 0 Å². The monoisotopic (exact) mass is 271 g/mol. The molecule has 0 aromatic heterocycles. The molecule has 2 aromatic carbocycles. The Morgan fingerprint density at radius 3 is 2.60 bits per heavy atom. The van der Waals surface area contributed by atoms with Crippen LogP contribution in [0.1, 0.15) is 15.9 Å². The van der Waals surface area contributed by atoms with E-state index in [2.05, 4.69) is 0 Å². The average molecular weight is 271 g/mol. The number of nitrogen functional groups attached to an aromatic ring is 1. The molecule has 6 heteroatoms. The number of carbonyl (C=O) groups is 1. The van der Waals surface area contributed by atoms with Crippen LogP contribution in [-0.4, -0.2) is 5.91 Å². The summed E-state index contributed by atoms with van der Waals surface area (Å²) in [5.74, 6) is -1.49. The van der Waals surface area contributed by atoms with Gasteiger partial charge in [0.15, 0.2) is 5.75 Å². The summed E-state index contributed by atoms with van der Waals surface area (Å²) < 4.78 is 18.9. The van der Waals surface area contributed by atoms with Crippen LogP contribution in [0.25, 0.3) is 0 Å². The van der Waals surface area contributed by atoms with Gasteiger partial charge in [-0.2, -0.15) is 5.26 Å². The standard InChI is InChI=1S/C14H10FN3O2/c15-10-4-2-6-12(9(10)7-16)20-13-8(14(18)19)3-1-5-11(13)17/h1-6H,17H2,(H2,18,19). The van der Waals surface area contributed by atoms with Crippen molar-refractivity contribution in [2.24, 2.45) is 5.73 Å². The van der Waals surface area contributed by atoms with E-state index in [1.54, 1.807) is 12.1 Å². The fourth-order valence-electron chi connectivity index (χ4n) is 1.67. The molecule has 0 spiro atoms. The van der Waals surface area contributed by atoms with Gasteiger partial charge in [-0.15, -0.1) is 0 Å². The van der Waals surface area contributed by atoms with Gasteiger partial charge >= 0.3 is 0 Å². The minimum atomic E-state index is -0.734. The van der Waals surface area contributed by atoms with Gasteiger partial charge in [-0.05, 0) is 24.3 Å². The zero-order valence-corrected chi connectivity index (χ0v) is 10.3. The highest BCUT2D eigenvalue weighted by molar-refractivity contribution is 5.97. The summed E-state index contributed by atoms with van der Waals surface area (Å²) in [6.07, 6.45) is 0. The van der Waals surface area contributed by atoms with Gasteiger partial charge in [0, 0.05) is 0 Å². The van der Waals surface area contributed by atoms with Crippen molar-refractivity contribution in [3.8, 4) is 17.6 Å². The number of ether oxygens (including phenoxy) is 1. The van der Waals surface area contributed by atoms with Crippen molar-refractivity contribution in [2.75, 3.05) is 5.73 Å². The largest absolute Gasteiger partial charge is 0.453 e. The fourth-order valence-corrected chi connectivity index (χ4v) is 1.67. The molecule has 0 atom stereocenters. The topological polar surface area (TPSA) is 102 Å². The van der Waals surface area contributed by atoms with Crippen molar-refractivity contribution in [3.05, 3.63) is 53.3 Å². The predicted octanol–water partition coefficient (Wildman–Crippen LogP) is 2.17. The maximum Gasteiger partial charge on any atom is 0.252 e. The Bertz CT molecular complexity index is 723. The minimum absolute atomic E-state index is 0.00194. The first-order chi connectivity index (χ1) is 9.54. The third-order valence-electron chi connectivity index (χ3n) is 2.61. The van der Waals surface area contributed by atoms with Crippen molar-refractivity contribution in [1.29, 1.82) is 5.26 Å². The Morgan fingerprint density at radius 1 is 1.25 bits per heavy atom. The van der Waals surface area contributed by atoms with Crippen molar-refractivity contribution < 1.29 is 13.9 Å². The molecule has 100 valence electrons. The van der Waals surface area contributed by atoms with Gasteiger partial charge in [0.1, 0.15) is 23.2 Å². The van der Waals surface area contributed by atoms with Crippen molar-refractivity contribution in [2.45, 2.75) is 0 Å². The molecular formula is C14H10FN3O2. The fraction of sp³-hybridized carbons (Fsp3) is 0. The first-order valence-electron chi connectivity index (χ1n) is 5.59. The molecule has 5 nitrogen and oxygen atoms in total. The van der Waals surface area contributed by atoms with Gasteiger partial charge in [0.25, 0.3) is 5.91 Å². The van der Waals surface area contributed by atoms with Crippen molar-refractivity contribution >= 4 is 11.6 Å². The summed E-state index contributed by atoms with van der Waals surface area (Å²) in [6, 6.07) is 10.1. The lowest BCUT2D eigenvalue weighted by Crippen LogP contribution is -2.13. The van der Waals surface area contributed by atoms with Crippen molar-refractivity contribution in [1.82, 2.24) is 0 Å². The number of hydrogen-bond donors (Lipinski definition) is 2. The zero-order valence-electron chi connectivity index (χ0n) is 10.3. The highest BCUT2D eigenvalue weighted by Gasteiger charge is 2.16. The van der Waals surface area contributed by atoms with E-state index in [1.807, 2.05) is 0 Å². The lowest BCUT2D eigenvalue weighted by Gasteiger charge is -2.12. The second kappa shape index (κ2) is 5.28. The van der Waals surface area contributed by atoms with E-state index in [0.717, 1.165) is 6.07 Å². The summed E-state index contributed by atoms with van der Waals surface area (Å²) in [7, 11) is 0. The average Bonchev–Trinajstić information content (AvgIpc) is 2.41. The second-order valence-corrected chi connectivity index (χ2v) is 3.92. The number of amides is 1. The lowest BCUT2D eigenvalue weighted by atomic mass is 10.1. The van der Waals surface area contributed by atoms with Crippen LogP contribution in [0.15, 0.2) is 36.4 Å². The van der Waals surface area contributed by atoms with Crippen LogP contribution in [-0.2, 0) is 0 Å². The molecular weight excluding hydrogens is 261 g/mol. The van der Waals surface area contributed by atoms with E-state index in [0.29, 0.717) is 0 Å². The number of nitrogens with zero attached hydrogens (tertiary/aromatic N) is 1. The Morgan fingerprint density at radius 2 is 1.95 bits per heavy atom. The summed E-state index contributed by atoms with van der Waals surface area (Å²) in [5.41, 5.74) is 10.9. The minimum Gasteiger partial charge on any atom is -0.453 e. The normalized spacial score (nSPS) is 9.80. The van der Waals surface area contributed by atoms with E-state index in [4.69, 9.17) is 21.5 Å². The molecule has 0 aliphatic rings. The number of hydrogen-bond acceptors (Lipinski definition) is 4. The quantitative estimate of drug-likeness (QED) is 0.835. The molecule has 0 bridgehead atoms. The lowest BCUT2D eigenvalue weighted by molar-refractivity contribution is 0.0998. The van der Waals surface area contributed by atoms with E-state index < -0.39 is 11.7 Å². The number of benzene rings is 2. The number of carbonyl (C=O) groups excluding carboxylic acids is 1. The Hall–Kier alpha value is -3.07. The van der Waals surface area contributed by atoms with E-state index in [1.165, 1.54) is 24.3 Å². The number of anilines is 1. The number of primary amides is 1. The van der Waals surface area contributed by atoms with Crippen LogP contribution in [0.5, 0.6) is 11.5 Å². The smallest absolute Gasteiger partial charge is 0.252 e. The molecule has 2 rings (SSSR count). The van der Waals surface area contributed by atoms with Crippen LogP contribution in [0.4, 0.5) is 10.1 Å². The van der Waals surface area contributed by atoms with Crippen LogP contribution in [0, 0.1) is 17.1 Å². The summed E-state index contributed by atoms with van der Waals surface area (Å²) in [4.78, 5) is 11.3. The number of para-hydroxylation sites is 1. The number of nitrogens with two attached hydrogens (primary N) is 2. The molecule has 20 heavy (non-hydrogen) atoms. The maximum absolute atomic E-state index is 13.5. The summed E-state index contributed by atoms with van der Waals surface area (Å²) >= 11 is 0.